The summed E-state index contributed by atoms with van der Waals surface area (Å²) in [7, 11) is 0. The first-order chi connectivity index (χ1) is 10.5. The number of aromatic hydroxyl groups is 1. The summed E-state index contributed by atoms with van der Waals surface area (Å²) in [5.74, 6) is 0.0265. The Morgan fingerprint density at radius 3 is 2.82 bits per heavy atom. The summed E-state index contributed by atoms with van der Waals surface area (Å²) in [5, 5.41) is 13.0. The molecule has 4 nitrogen and oxygen atoms in total. The van der Waals surface area contributed by atoms with Crippen molar-refractivity contribution in [3.63, 3.8) is 0 Å². The van der Waals surface area contributed by atoms with Gasteiger partial charge in [0.15, 0.2) is 0 Å². The van der Waals surface area contributed by atoms with Crippen LogP contribution in [0.1, 0.15) is 16.7 Å². The van der Waals surface area contributed by atoms with Gasteiger partial charge in [-0.1, -0.05) is 23.7 Å². The fraction of sp³-hybridized carbons (Fsp3) is 0.176. The number of carbonyl (C=O) groups excluding carboxylic acids is 2. The normalized spacial score (nSPS) is 12.9. The second-order valence-corrected chi connectivity index (χ2v) is 5.82. The van der Waals surface area contributed by atoms with Crippen molar-refractivity contribution in [3.8, 4) is 5.75 Å². The Hall–Kier alpha value is -2.33. The molecule has 0 saturated carbocycles. The Labute approximate surface area is 132 Å². The van der Waals surface area contributed by atoms with Crippen LogP contribution in [0, 0.1) is 0 Å². The van der Waals surface area contributed by atoms with Crippen molar-refractivity contribution >= 4 is 29.0 Å². The molecule has 0 unspecified atom stereocenters. The van der Waals surface area contributed by atoms with Gasteiger partial charge in [0.25, 0.3) is 0 Å². The molecule has 0 bridgehead atoms. The summed E-state index contributed by atoms with van der Waals surface area (Å²) in [6.45, 7) is 0. The number of rotatable bonds is 4. The Kier molecular flexibility index (Phi) is 3.86. The molecule has 0 saturated heterocycles. The molecule has 112 valence electrons. The van der Waals surface area contributed by atoms with Crippen molar-refractivity contribution in [3.05, 3.63) is 58.1 Å². The molecule has 1 amide bonds. The average molecular weight is 316 g/mol. The molecular formula is C17H14ClNO3. The third-order valence-corrected chi connectivity index (χ3v) is 3.86. The Morgan fingerprint density at radius 1 is 1.18 bits per heavy atom. The van der Waals surface area contributed by atoms with E-state index < -0.39 is 0 Å². The summed E-state index contributed by atoms with van der Waals surface area (Å²) in [6, 6.07) is 10.2. The number of phenols is 1. The van der Waals surface area contributed by atoms with Crippen LogP contribution >= 0.6 is 11.6 Å². The molecule has 0 atom stereocenters. The largest absolute Gasteiger partial charge is 0.508 e. The van der Waals surface area contributed by atoms with E-state index >= 15 is 0 Å². The van der Waals surface area contributed by atoms with Crippen molar-refractivity contribution in [2.45, 2.75) is 19.3 Å². The fourth-order valence-electron chi connectivity index (χ4n) is 2.59. The van der Waals surface area contributed by atoms with Gasteiger partial charge in [-0.2, -0.15) is 0 Å². The molecule has 1 aliphatic heterocycles. The Bertz CT molecular complexity index is 770. The van der Waals surface area contributed by atoms with Gasteiger partial charge < -0.3 is 10.4 Å². The van der Waals surface area contributed by atoms with Gasteiger partial charge in [0.1, 0.15) is 11.5 Å². The highest BCUT2D eigenvalue weighted by Gasteiger charge is 2.18. The zero-order valence-corrected chi connectivity index (χ0v) is 12.5. The number of anilines is 1. The summed E-state index contributed by atoms with van der Waals surface area (Å²) < 4.78 is 0. The number of carbonyl (C=O) groups is 2. The van der Waals surface area contributed by atoms with Crippen LogP contribution in [0.3, 0.4) is 0 Å². The number of halogens is 1. The summed E-state index contributed by atoms with van der Waals surface area (Å²) >= 11 is 5.88. The molecule has 22 heavy (non-hydrogen) atoms. The average Bonchev–Trinajstić information content (AvgIpc) is 2.82. The van der Waals surface area contributed by atoms with Crippen molar-refractivity contribution in [2.75, 3.05) is 5.32 Å². The number of nitrogens with one attached hydrogen (secondary N) is 1. The number of Topliss-reactive ketones (excluding diaryl/α,β-unsaturated/α-hetero) is 1. The van der Waals surface area contributed by atoms with Crippen LogP contribution in [0.4, 0.5) is 5.69 Å². The van der Waals surface area contributed by atoms with Crippen molar-refractivity contribution in [1.82, 2.24) is 0 Å². The van der Waals surface area contributed by atoms with Crippen molar-refractivity contribution in [1.29, 1.82) is 0 Å². The van der Waals surface area contributed by atoms with Crippen LogP contribution in [0.2, 0.25) is 5.02 Å². The second kappa shape index (κ2) is 5.81. The number of fused-ring (bicyclic) bond motifs is 1. The standard InChI is InChI=1S/C17H14ClNO3/c18-13-2-4-16(21)12(7-13)8-14(20)6-10-1-3-15-11(5-10)9-17(22)19-15/h1-5,7,21H,6,8-9H2,(H,19,22). The van der Waals surface area contributed by atoms with E-state index in [9.17, 15) is 14.7 Å². The summed E-state index contributed by atoms with van der Waals surface area (Å²) in [6.07, 6.45) is 0.737. The molecular weight excluding hydrogens is 302 g/mol. The monoisotopic (exact) mass is 315 g/mol. The number of ketones is 1. The Balaban J connectivity index is 1.71. The first-order valence-electron chi connectivity index (χ1n) is 6.92. The first kappa shape index (κ1) is 14.6. The molecule has 1 heterocycles. The SMILES string of the molecule is O=C(Cc1ccc2c(c1)CC(=O)N2)Cc1cc(Cl)ccc1O. The maximum atomic E-state index is 12.2. The number of amides is 1. The molecule has 2 aromatic rings. The van der Waals surface area contributed by atoms with E-state index in [-0.39, 0.29) is 30.3 Å². The maximum Gasteiger partial charge on any atom is 0.228 e. The van der Waals surface area contributed by atoms with E-state index in [1.54, 1.807) is 12.1 Å². The van der Waals surface area contributed by atoms with E-state index in [1.807, 2.05) is 18.2 Å². The molecule has 1 aliphatic rings. The van der Waals surface area contributed by atoms with Gasteiger partial charge in [-0.3, -0.25) is 9.59 Å². The zero-order chi connectivity index (χ0) is 15.7. The molecule has 5 heteroatoms. The van der Waals surface area contributed by atoms with Gasteiger partial charge in [0.2, 0.25) is 5.91 Å². The zero-order valence-electron chi connectivity index (χ0n) is 11.7. The first-order valence-corrected chi connectivity index (χ1v) is 7.30. The predicted molar refractivity (Wildman–Crippen MR) is 84.3 cm³/mol. The lowest BCUT2D eigenvalue weighted by Crippen LogP contribution is -2.07. The van der Waals surface area contributed by atoms with E-state index in [1.165, 1.54) is 6.07 Å². The van der Waals surface area contributed by atoms with Gasteiger partial charge in [-0.15, -0.1) is 0 Å². The lowest BCUT2D eigenvalue weighted by Gasteiger charge is -2.06. The molecule has 2 aromatic carbocycles. The molecule has 0 spiro atoms. The smallest absolute Gasteiger partial charge is 0.228 e. The summed E-state index contributed by atoms with van der Waals surface area (Å²) in [5.41, 5.74) is 3.12. The van der Waals surface area contributed by atoms with Crippen molar-refractivity contribution in [2.24, 2.45) is 0 Å². The van der Waals surface area contributed by atoms with Crippen LogP contribution in [0.15, 0.2) is 36.4 Å². The fourth-order valence-corrected chi connectivity index (χ4v) is 2.79. The van der Waals surface area contributed by atoms with Gasteiger partial charge >= 0.3 is 0 Å². The molecule has 0 fully saturated rings. The quantitative estimate of drug-likeness (QED) is 0.911. The van der Waals surface area contributed by atoms with Crippen molar-refractivity contribution < 1.29 is 14.7 Å². The van der Waals surface area contributed by atoms with Crippen LogP contribution < -0.4 is 5.32 Å². The molecule has 0 radical (unpaired) electrons. The number of phenolic OH excluding ortho intramolecular Hbond substituents is 1. The molecule has 2 N–H and O–H groups in total. The topological polar surface area (TPSA) is 66.4 Å². The highest BCUT2D eigenvalue weighted by atomic mass is 35.5. The minimum absolute atomic E-state index is 0.0187. The lowest BCUT2D eigenvalue weighted by molar-refractivity contribution is -0.118. The third kappa shape index (κ3) is 3.12. The Morgan fingerprint density at radius 2 is 2.00 bits per heavy atom. The molecule has 3 rings (SSSR count). The van der Waals surface area contributed by atoms with Crippen LogP contribution in [-0.2, 0) is 28.9 Å². The predicted octanol–water partition coefficient (Wildman–Crippen LogP) is 2.89. The van der Waals surface area contributed by atoms with Crippen LogP contribution in [-0.4, -0.2) is 16.8 Å². The highest BCUT2D eigenvalue weighted by Crippen LogP contribution is 2.25. The number of benzene rings is 2. The highest BCUT2D eigenvalue weighted by molar-refractivity contribution is 6.30. The third-order valence-electron chi connectivity index (χ3n) is 3.63. The van der Waals surface area contributed by atoms with E-state index in [0.717, 1.165) is 16.8 Å². The molecule has 0 aromatic heterocycles. The number of hydrogen-bond acceptors (Lipinski definition) is 3. The van der Waals surface area contributed by atoms with E-state index in [4.69, 9.17) is 11.6 Å². The van der Waals surface area contributed by atoms with E-state index in [0.29, 0.717) is 17.0 Å². The van der Waals surface area contributed by atoms with Crippen LogP contribution in [0.25, 0.3) is 0 Å². The van der Waals surface area contributed by atoms with E-state index in [2.05, 4.69) is 5.32 Å². The lowest BCUT2D eigenvalue weighted by atomic mass is 10.00. The van der Waals surface area contributed by atoms with Gasteiger partial charge in [-0.05, 0) is 35.4 Å². The van der Waals surface area contributed by atoms with Crippen LogP contribution in [0.5, 0.6) is 5.75 Å². The molecule has 0 aliphatic carbocycles. The summed E-state index contributed by atoms with van der Waals surface area (Å²) in [4.78, 5) is 23.5. The van der Waals surface area contributed by atoms with Gasteiger partial charge in [0, 0.05) is 29.1 Å². The maximum absolute atomic E-state index is 12.2. The van der Waals surface area contributed by atoms with Gasteiger partial charge in [0.05, 0.1) is 6.42 Å². The minimum atomic E-state index is -0.0256. The minimum Gasteiger partial charge on any atom is -0.508 e. The van der Waals surface area contributed by atoms with Gasteiger partial charge in [-0.25, -0.2) is 0 Å². The second-order valence-electron chi connectivity index (χ2n) is 5.38. The number of hydrogen-bond donors (Lipinski definition) is 2.